The molecule has 0 spiro atoms. The van der Waals surface area contributed by atoms with Crippen LogP contribution in [0, 0.1) is 0 Å². The Balaban J connectivity index is 1.68. The maximum absolute atomic E-state index is 13.0. The third-order valence-corrected chi connectivity index (χ3v) is 5.57. The van der Waals surface area contributed by atoms with Crippen LogP contribution in [0.15, 0.2) is 35.5 Å². The molecule has 1 aromatic heterocycles. The Morgan fingerprint density at radius 3 is 2.50 bits per heavy atom. The van der Waals surface area contributed by atoms with E-state index in [9.17, 15) is 4.79 Å². The fourth-order valence-corrected chi connectivity index (χ4v) is 3.90. The van der Waals surface area contributed by atoms with Crippen LogP contribution in [0.5, 0.6) is 0 Å². The average Bonchev–Trinajstić information content (AvgIpc) is 3.37. The number of amides is 1. The second kappa shape index (κ2) is 7.82. The van der Waals surface area contributed by atoms with Crippen molar-refractivity contribution in [2.24, 2.45) is 0 Å². The molecule has 0 aliphatic heterocycles. The molecule has 6 heteroatoms. The molecule has 5 nitrogen and oxygen atoms in total. The number of nitrogens with zero attached hydrogens (tertiary/aromatic N) is 4. The van der Waals surface area contributed by atoms with E-state index in [0.29, 0.717) is 18.2 Å². The number of hydrogen-bond acceptors (Lipinski definition) is 4. The Hall–Kier alpha value is -1.82. The van der Waals surface area contributed by atoms with Crippen molar-refractivity contribution in [1.82, 2.24) is 19.7 Å². The minimum absolute atomic E-state index is 0.130. The summed E-state index contributed by atoms with van der Waals surface area (Å²) in [5.41, 5.74) is 0.916. The van der Waals surface area contributed by atoms with Crippen molar-refractivity contribution in [3.05, 3.63) is 41.7 Å². The van der Waals surface area contributed by atoms with Crippen molar-refractivity contribution >= 4 is 17.7 Å². The lowest BCUT2D eigenvalue weighted by atomic mass is 10.0. The Morgan fingerprint density at radius 1 is 1.23 bits per heavy atom. The van der Waals surface area contributed by atoms with Crippen LogP contribution in [0.4, 0.5) is 0 Å². The Kier molecular flexibility index (Phi) is 5.70. The first kappa shape index (κ1) is 19.0. The fraction of sp³-hybridized carbons (Fsp3) is 0.550. The van der Waals surface area contributed by atoms with Gasteiger partial charge in [0.15, 0.2) is 5.16 Å². The lowest BCUT2D eigenvalue weighted by Crippen LogP contribution is -2.45. The Bertz CT molecular complexity index is 747. The highest BCUT2D eigenvalue weighted by molar-refractivity contribution is 7.99. The number of carbonyl (C=O) groups is 1. The molecule has 1 aliphatic rings. The maximum Gasteiger partial charge on any atom is 0.233 e. The van der Waals surface area contributed by atoms with Gasteiger partial charge in [-0.25, -0.2) is 0 Å². The third kappa shape index (κ3) is 4.47. The summed E-state index contributed by atoms with van der Waals surface area (Å²) in [7, 11) is 0. The molecule has 0 atom stereocenters. The van der Waals surface area contributed by atoms with Gasteiger partial charge in [-0.2, -0.15) is 0 Å². The first-order valence-electron chi connectivity index (χ1n) is 9.30. The number of benzene rings is 1. The van der Waals surface area contributed by atoms with Crippen LogP contribution in [-0.4, -0.2) is 36.9 Å². The molecule has 0 unspecified atom stereocenters. The summed E-state index contributed by atoms with van der Waals surface area (Å²) in [4.78, 5) is 14.9. The van der Waals surface area contributed by atoms with E-state index >= 15 is 0 Å². The second-order valence-electron chi connectivity index (χ2n) is 7.78. The standard InChI is InChI=1S/C20H28N4OS/c1-5-23-18(16-11-12-16)21-22-19(23)26-14-17(25)24(20(2,3)4)13-15-9-7-6-8-10-15/h6-10,16H,5,11-14H2,1-4H3. The highest BCUT2D eigenvalue weighted by Crippen LogP contribution is 2.40. The highest BCUT2D eigenvalue weighted by Gasteiger charge is 2.31. The van der Waals surface area contributed by atoms with Crippen molar-refractivity contribution in [2.75, 3.05) is 5.75 Å². The molecule has 1 fully saturated rings. The van der Waals surface area contributed by atoms with Crippen LogP contribution in [0.25, 0.3) is 0 Å². The fourth-order valence-electron chi connectivity index (χ4n) is 3.02. The number of thioether (sulfide) groups is 1. The lowest BCUT2D eigenvalue weighted by Gasteiger charge is -2.36. The third-order valence-electron chi connectivity index (χ3n) is 4.62. The van der Waals surface area contributed by atoms with Crippen molar-refractivity contribution in [3.8, 4) is 0 Å². The summed E-state index contributed by atoms with van der Waals surface area (Å²) >= 11 is 1.50. The van der Waals surface area contributed by atoms with Gasteiger partial charge in [-0.15, -0.1) is 10.2 Å². The van der Waals surface area contributed by atoms with Gasteiger partial charge in [0.1, 0.15) is 5.82 Å². The van der Waals surface area contributed by atoms with Gasteiger partial charge >= 0.3 is 0 Å². The summed E-state index contributed by atoms with van der Waals surface area (Å²) in [6.07, 6.45) is 2.41. The van der Waals surface area contributed by atoms with Gasteiger partial charge in [-0.05, 0) is 46.1 Å². The highest BCUT2D eigenvalue weighted by atomic mass is 32.2. The summed E-state index contributed by atoms with van der Waals surface area (Å²) in [6.45, 7) is 9.83. The number of aromatic nitrogens is 3. The van der Waals surface area contributed by atoms with Gasteiger partial charge in [-0.1, -0.05) is 42.1 Å². The van der Waals surface area contributed by atoms with Gasteiger partial charge < -0.3 is 9.47 Å². The average molecular weight is 373 g/mol. The van der Waals surface area contributed by atoms with Crippen LogP contribution in [-0.2, 0) is 17.9 Å². The summed E-state index contributed by atoms with van der Waals surface area (Å²) in [6, 6.07) is 10.2. The molecule has 3 rings (SSSR count). The van der Waals surface area contributed by atoms with Gasteiger partial charge in [0.2, 0.25) is 5.91 Å². The van der Waals surface area contributed by atoms with E-state index < -0.39 is 0 Å². The summed E-state index contributed by atoms with van der Waals surface area (Å²) < 4.78 is 2.16. The zero-order chi connectivity index (χ0) is 18.7. The first-order valence-corrected chi connectivity index (χ1v) is 10.3. The van der Waals surface area contributed by atoms with Crippen LogP contribution >= 0.6 is 11.8 Å². The zero-order valence-corrected chi connectivity index (χ0v) is 16.9. The maximum atomic E-state index is 13.0. The smallest absolute Gasteiger partial charge is 0.233 e. The predicted molar refractivity (Wildman–Crippen MR) is 105 cm³/mol. The van der Waals surface area contributed by atoms with E-state index in [2.05, 4.69) is 54.6 Å². The van der Waals surface area contributed by atoms with E-state index in [0.717, 1.165) is 23.1 Å². The molecule has 0 bridgehead atoms. The molecule has 1 aromatic carbocycles. The Morgan fingerprint density at radius 2 is 1.92 bits per heavy atom. The molecule has 26 heavy (non-hydrogen) atoms. The van der Waals surface area contributed by atoms with Crippen LogP contribution in [0.3, 0.4) is 0 Å². The molecule has 2 aromatic rings. The van der Waals surface area contributed by atoms with Gasteiger partial charge in [0.05, 0.1) is 5.75 Å². The molecule has 1 heterocycles. The molecule has 0 radical (unpaired) electrons. The first-order chi connectivity index (χ1) is 12.4. The number of rotatable bonds is 7. The van der Waals surface area contributed by atoms with Gasteiger partial charge in [-0.3, -0.25) is 4.79 Å². The van der Waals surface area contributed by atoms with Crippen molar-refractivity contribution < 1.29 is 4.79 Å². The van der Waals surface area contributed by atoms with E-state index in [1.165, 1.54) is 24.6 Å². The van der Waals surface area contributed by atoms with Crippen LogP contribution in [0.1, 0.15) is 57.8 Å². The number of carbonyl (C=O) groups excluding carboxylic acids is 1. The molecule has 1 amide bonds. The summed E-state index contributed by atoms with van der Waals surface area (Å²) in [5, 5.41) is 9.54. The molecule has 0 N–H and O–H groups in total. The monoisotopic (exact) mass is 372 g/mol. The quantitative estimate of drug-likeness (QED) is 0.687. The lowest BCUT2D eigenvalue weighted by molar-refractivity contribution is -0.133. The van der Waals surface area contributed by atoms with Crippen LogP contribution < -0.4 is 0 Å². The minimum Gasteiger partial charge on any atom is -0.333 e. The predicted octanol–water partition coefficient (Wildman–Crippen LogP) is 4.09. The normalized spacial score (nSPS) is 14.5. The second-order valence-corrected chi connectivity index (χ2v) is 8.73. The van der Waals surface area contributed by atoms with Gasteiger partial charge in [0.25, 0.3) is 0 Å². The SMILES string of the molecule is CCn1c(SCC(=O)N(Cc2ccccc2)C(C)(C)C)nnc1C1CC1. The topological polar surface area (TPSA) is 51.0 Å². The summed E-state index contributed by atoms with van der Waals surface area (Å²) in [5.74, 6) is 2.16. The van der Waals surface area contributed by atoms with Crippen molar-refractivity contribution in [3.63, 3.8) is 0 Å². The largest absolute Gasteiger partial charge is 0.333 e. The van der Waals surface area contributed by atoms with Gasteiger partial charge in [0, 0.05) is 24.5 Å². The van der Waals surface area contributed by atoms with Crippen molar-refractivity contribution in [1.29, 1.82) is 0 Å². The molecular formula is C20H28N4OS. The molecule has 0 saturated heterocycles. The van der Waals surface area contributed by atoms with E-state index in [-0.39, 0.29) is 11.4 Å². The molecule has 1 saturated carbocycles. The molecule has 1 aliphatic carbocycles. The Labute approximate surface area is 160 Å². The molecule has 140 valence electrons. The zero-order valence-electron chi connectivity index (χ0n) is 16.1. The minimum atomic E-state index is -0.231. The van der Waals surface area contributed by atoms with Crippen molar-refractivity contribution in [2.45, 2.75) is 70.2 Å². The van der Waals surface area contributed by atoms with E-state index in [1.807, 2.05) is 23.1 Å². The van der Waals surface area contributed by atoms with E-state index in [1.54, 1.807) is 0 Å². The molecular weight excluding hydrogens is 344 g/mol. The van der Waals surface area contributed by atoms with E-state index in [4.69, 9.17) is 0 Å². The number of hydrogen-bond donors (Lipinski definition) is 0. The van der Waals surface area contributed by atoms with Crippen LogP contribution in [0.2, 0.25) is 0 Å².